The Morgan fingerprint density at radius 2 is 1.79 bits per heavy atom. The average molecular weight is 197 g/mol. The minimum Gasteiger partial charge on any atom is -0.319 e. The van der Waals surface area contributed by atoms with E-state index < -0.39 is 0 Å². The quantitative estimate of drug-likeness (QED) is 0.696. The summed E-state index contributed by atoms with van der Waals surface area (Å²) in [5.74, 6) is 0. The number of piperazine rings is 1. The molecule has 0 aromatic heterocycles. The molecule has 0 bridgehead atoms. The Kier molecular flexibility index (Phi) is 3.10. The molecule has 0 spiro atoms. The summed E-state index contributed by atoms with van der Waals surface area (Å²) in [5, 5.41) is 3.33. The molecule has 0 aromatic carbocycles. The molecule has 1 saturated carbocycles. The van der Waals surface area contributed by atoms with Gasteiger partial charge in [0.15, 0.2) is 0 Å². The molecule has 1 aliphatic carbocycles. The topological polar surface area (TPSA) is 18.5 Å². The maximum Gasteiger partial charge on any atom is 0.0110 e. The van der Waals surface area contributed by atoms with Gasteiger partial charge in [0.2, 0.25) is 0 Å². The van der Waals surface area contributed by atoms with Gasteiger partial charge < -0.3 is 15.1 Å². The zero-order valence-electron chi connectivity index (χ0n) is 9.55. The van der Waals surface area contributed by atoms with Crippen LogP contribution in [0.25, 0.3) is 0 Å². The van der Waals surface area contributed by atoms with Crippen molar-refractivity contribution in [1.82, 2.24) is 15.1 Å². The molecular formula is C11H23N3. The first-order valence-electron chi connectivity index (χ1n) is 5.80. The van der Waals surface area contributed by atoms with Gasteiger partial charge >= 0.3 is 0 Å². The molecule has 3 heteroatoms. The second-order valence-electron chi connectivity index (χ2n) is 5.11. The Balaban J connectivity index is 1.75. The second kappa shape index (κ2) is 4.17. The first kappa shape index (κ1) is 10.4. The summed E-state index contributed by atoms with van der Waals surface area (Å²) in [5.41, 5.74) is 0.644. The maximum atomic E-state index is 3.33. The van der Waals surface area contributed by atoms with Crippen molar-refractivity contribution in [3.05, 3.63) is 0 Å². The molecule has 0 aromatic rings. The van der Waals surface area contributed by atoms with Crippen LogP contribution < -0.4 is 5.32 Å². The molecule has 2 fully saturated rings. The minimum absolute atomic E-state index is 0.644. The average Bonchev–Trinajstić information content (AvgIpc) is 2.90. The van der Waals surface area contributed by atoms with Crippen LogP contribution in [0.2, 0.25) is 0 Å². The third kappa shape index (κ3) is 2.47. The standard InChI is InChI=1S/C11H23N3/c1-12-9-11(3-4-11)10-14-7-5-13(2)6-8-14/h12H,3-10H2,1-2H3. The van der Waals surface area contributed by atoms with Crippen LogP contribution in [-0.2, 0) is 0 Å². The summed E-state index contributed by atoms with van der Waals surface area (Å²) in [6.45, 7) is 7.55. The number of nitrogens with one attached hydrogen (secondary N) is 1. The van der Waals surface area contributed by atoms with E-state index in [0.29, 0.717) is 5.41 Å². The van der Waals surface area contributed by atoms with E-state index in [4.69, 9.17) is 0 Å². The van der Waals surface area contributed by atoms with E-state index in [0.717, 1.165) is 0 Å². The lowest BCUT2D eigenvalue weighted by Crippen LogP contribution is -2.47. The van der Waals surface area contributed by atoms with Gasteiger partial charge in [-0.15, -0.1) is 0 Å². The van der Waals surface area contributed by atoms with Crippen molar-refractivity contribution >= 4 is 0 Å². The van der Waals surface area contributed by atoms with Crippen molar-refractivity contribution in [2.24, 2.45) is 5.41 Å². The molecule has 3 nitrogen and oxygen atoms in total. The lowest BCUT2D eigenvalue weighted by atomic mass is 10.1. The zero-order chi connectivity index (χ0) is 10.0. The normalized spacial score (nSPS) is 27.9. The Bertz CT molecular complexity index is 181. The van der Waals surface area contributed by atoms with Gasteiger partial charge in [-0.05, 0) is 32.4 Å². The summed E-state index contributed by atoms with van der Waals surface area (Å²) in [6.07, 6.45) is 2.86. The van der Waals surface area contributed by atoms with Gasteiger partial charge in [0.25, 0.3) is 0 Å². The minimum atomic E-state index is 0.644. The molecule has 2 rings (SSSR count). The summed E-state index contributed by atoms with van der Waals surface area (Å²) < 4.78 is 0. The lowest BCUT2D eigenvalue weighted by Gasteiger charge is -2.34. The Morgan fingerprint density at radius 1 is 1.14 bits per heavy atom. The van der Waals surface area contributed by atoms with Gasteiger partial charge in [-0.3, -0.25) is 0 Å². The highest BCUT2D eigenvalue weighted by atomic mass is 15.2. The van der Waals surface area contributed by atoms with Crippen LogP contribution in [0.5, 0.6) is 0 Å². The third-order valence-electron chi connectivity index (χ3n) is 3.66. The number of hydrogen-bond acceptors (Lipinski definition) is 3. The van der Waals surface area contributed by atoms with Gasteiger partial charge in [-0.2, -0.15) is 0 Å². The van der Waals surface area contributed by atoms with E-state index in [1.165, 1.54) is 52.1 Å². The predicted octanol–water partition coefficient (Wildman–Crippen LogP) is 0.233. The molecule has 2 aliphatic rings. The van der Waals surface area contributed by atoms with Crippen LogP contribution in [0.4, 0.5) is 0 Å². The van der Waals surface area contributed by atoms with Crippen LogP contribution in [0.1, 0.15) is 12.8 Å². The van der Waals surface area contributed by atoms with E-state index in [9.17, 15) is 0 Å². The summed E-state index contributed by atoms with van der Waals surface area (Å²) in [7, 11) is 4.29. The van der Waals surface area contributed by atoms with Gasteiger partial charge in [-0.1, -0.05) is 0 Å². The maximum absolute atomic E-state index is 3.33. The fourth-order valence-electron chi connectivity index (χ4n) is 2.42. The van der Waals surface area contributed by atoms with Crippen LogP contribution in [0, 0.1) is 5.41 Å². The molecule has 0 radical (unpaired) electrons. The summed E-state index contributed by atoms with van der Waals surface area (Å²) in [4.78, 5) is 5.07. The van der Waals surface area contributed by atoms with E-state index in [2.05, 4.69) is 29.2 Å². The fraction of sp³-hybridized carbons (Fsp3) is 1.00. The van der Waals surface area contributed by atoms with E-state index in [1.807, 2.05) is 0 Å². The molecular weight excluding hydrogens is 174 g/mol. The fourth-order valence-corrected chi connectivity index (χ4v) is 2.42. The van der Waals surface area contributed by atoms with Gasteiger partial charge in [0.05, 0.1) is 0 Å². The van der Waals surface area contributed by atoms with E-state index >= 15 is 0 Å². The highest BCUT2D eigenvalue weighted by Gasteiger charge is 2.43. The van der Waals surface area contributed by atoms with Crippen molar-refractivity contribution in [3.8, 4) is 0 Å². The number of rotatable bonds is 4. The molecule has 1 N–H and O–H groups in total. The Morgan fingerprint density at radius 3 is 2.29 bits per heavy atom. The van der Waals surface area contributed by atoms with Crippen LogP contribution in [0.3, 0.4) is 0 Å². The third-order valence-corrected chi connectivity index (χ3v) is 3.66. The molecule has 0 atom stereocenters. The Hall–Kier alpha value is -0.120. The molecule has 1 heterocycles. The molecule has 0 unspecified atom stereocenters. The predicted molar refractivity (Wildman–Crippen MR) is 59.5 cm³/mol. The summed E-state index contributed by atoms with van der Waals surface area (Å²) in [6, 6.07) is 0. The largest absolute Gasteiger partial charge is 0.319 e. The first-order chi connectivity index (χ1) is 6.74. The van der Waals surface area contributed by atoms with E-state index in [-0.39, 0.29) is 0 Å². The van der Waals surface area contributed by atoms with Crippen LogP contribution >= 0.6 is 0 Å². The van der Waals surface area contributed by atoms with Gasteiger partial charge in [0.1, 0.15) is 0 Å². The number of nitrogens with zero attached hydrogens (tertiary/aromatic N) is 2. The van der Waals surface area contributed by atoms with Crippen molar-refractivity contribution in [2.45, 2.75) is 12.8 Å². The van der Waals surface area contributed by atoms with Crippen LogP contribution in [0.15, 0.2) is 0 Å². The smallest absolute Gasteiger partial charge is 0.0110 e. The highest BCUT2D eigenvalue weighted by Crippen LogP contribution is 2.45. The highest BCUT2D eigenvalue weighted by molar-refractivity contribution is 4.97. The molecule has 0 amide bonds. The molecule has 1 aliphatic heterocycles. The number of likely N-dealkylation sites (N-methyl/N-ethyl adjacent to an activating group) is 1. The monoisotopic (exact) mass is 197 g/mol. The second-order valence-corrected chi connectivity index (χ2v) is 5.11. The molecule has 82 valence electrons. The van der Waals surface area contributed by atoms with Crippen molar-refractivity contribution in [1.29, 1.82) is 0 Å². The van der Waals surface area contributed by atoms with E-state index in [1.54, 1.807) is 0 Å². The van der Waals surface area contributed by atoms with Crippen molar-refractivity contribution in [2.75, 3.05) is 53.4 Å². The SMILES string of the molecule is CNCC1(CN2CCN(C)CC2)CC1. The van der Waals surface area contributed by atoms with Crippen LogP contribution in [-0.4, -0.2) is 63.2 Å². The lowest BCUT2D eigenvalue weighted by molar-refractivity contribution is 0.130. The zero-order valence-corrected chi connectivity index (χ0v) is 9.55. The van der Waals surface area contributed by atoms with Gasteiger partial charge in [-0.25, -0.2) is 0 Å². The van der Waals surface area contributed by atoms with Crippen molar-refractivity contribution < 1.29 is 0 Å². The number of hydrogen-bond donors (Lipinski definition) is 1. The molecule has 14 heavy (non-hydrogen) atoms. The van der Waals surface area contributed by atoms with Gasteiger partial charge in [0, 0.05) is 39.3 Å². The Labute approximate surface area is 87.4 Å². The molecule has 1 saturated heterocycles. The summed E-state index contributed by atoms with van der Waals surface area (Å²) >= 11 is 0. The van der Waals surface area contributed by atoms with Crippen molar-refractivity contribution in [3.63, 3.8) is 0 Å². The first-order valence-corrected chi connectivity index (χ1v) is 5.80.